The van der Waals surface area contributed by atoms with Crippen molar-refractivity contribution in [2.24, 2.45) is 0 Å². The molecule has 2 fully saturated rings. The molecule has 0 saturated carbocycles. The van der Waals surface area contributed by atoms with E-state index in [0.717, 1.165) is 44.8 Å². The molecule has 0 unspecified atom stereocenters. The first-order valence-corrected chi connectivity index (χ1v) is 9.67. The Kier molecular flexibility index (Phi) is 6.68. The number of carbonyl (C=O) groups is 2. The molecule has 3 rings (SSSR count). The quantitative estimate of drug-likeness (QED) is 0.808. The van der Waals surface area contributed by atoms with Crippen LogP contribution in [0.5, 0.6) is 5.75 Å². The molecule has 27 heavy (non-hydrogen) atoms. The third-order valence-electron chi connectivity index (χ3n) is 5.49. The van der Waals surface area contributed by atoms with Crippen LogP contribution in [0.25, 0.3) is 0 Å². The SMILES string of the molecule is COc1ccc(CN2CCCN(C(=O)CN3CCC[C@@H]3C(=O)O)CC2)cc1. The molecule has 1 aromatic rings. The number of hydrogen-bond donors (Lipinski definition) is 1. The van der Waals surface area contributed by atoms with E-state index in [2.05, 4.69) is 17.0 Å². The largest absolute Gasteiger partial charge is 0.497 e. The zero-order valence-electron chi connectivity index (χ0n) is 16.0. The second kappa shape index (κ2) is 9.19. The molecule has 1 atom stereocenters. The second-order valence-corrected chi connectivity index (χ2v) is 7.33. The number of ether oxygens (including phenoxy) is 1. The topological polar surface area (TPSA) is 73.3 Å². The van der Waals surface area contributed by atoms with Gasteiger partial charge in [-0.15, -0.1) is 0 Å². The van der Waals surface area contributed by atoms with Crippen LogP contribution in [-0.2, 0) is 16.1 Å². The van der Waals surface area contributed by atoms with Crippen molar-refractivity contribution in [2.75, 3.05) is 46.4 Å². The summed E-state index contributed by atoms with van der Waals surface area (Å²) in [5.41, 5.74) is 1.23. The van der Waals surface area contributed by atoms with E-state index in [1.54, 1.807) is 7.11 Å². The van der Waals surface area contributed by atoms with Gasteiger partial charge in [-0.3, -0.25) is 19.4 Å². The Balaban J connectivity index is 1.50. The fourth-order valence-corrected chi connectivity index (χ4v) is 3.94. The highest BCUT2D eigenvalue weighted by Gasteiger charge is 2.32. The number of amides is 1. The molecule has 2 heterocycles. The molecule has 148 valence electrons. The van der Waals surface area contributed by atoms with Gasteiger partial charge in [0.2, 0.25) is 5.91 Å². The Labute approximate surface area is 160 Å². The van der Waals surface area contributed by atoms with Crippen molar-refractivity contribution in [2.45, 2.75) is 31.8 Å². The van der Waals surface area contributed by atoms with E-state index in [1.807, 2.05) is 21.9 Å². The molecule has 1 N–H and O–H groups in total. The van der Waals surface area contributed by atoms with Crippen LogP contribution >= 0.6 is 0 Å². The minimum Gasteiger partial charge on any atom is -0.497 e. The standard InChI is InChI=1S/C20H29N3O4/c1-27-17-7-5-16(6-8-17)14-21-9-3-11-22(13-12-21)19(24)15-23-10-2-4-18(23)20(25)26/h5-8,18H,2-4,9-15H2,1H3,(H,25,26)/t18-/m1/s1. The molecule has 1 amide bonds. The monoisotopic (exact) mass is 375 g/mol. The van der Waals surface area contributed by atoms with Gasteiger partial charge in [0.25, 0.3) is 0 Å². The molecule has 0 aromatic heterocycles. The van der Waals surface area contributed by atoms with Gasteiger partial charge < -0.3 is 14.7 Å². The Morgan fingerprint density at radius 3 is 2.56 bits per heavy atom. The van der Waals surface area contributed by atoms with E-state index in [9.17, 15) is 14.7 Å². The minimum atomic E-state index is -0.818. The third-order valence-corrected chi connectivity index (χ3v) is 5.49. The van der Waals surface area contributed by atoms with Crippen LogP contribution < -0.4 is 4.74 Å². The van der Waals surface area contributed by atoms with Gasteiger partial charge in [-0.2, -0.15) is 0 Å². The van der Waals surface area contributed by atoms with Crippen LogP contribution in [0.15, 0.2) is 24.3 Å². The van der Waals surface area contributed by atoms with Gasteiger partial charge in [0, 0.05) is 32.7 Å². The lowest BCUT2D eigenvalue weighted by molar-refractivity contribution is -0.143. The van der Waals surface area contributed by atoms with Gasteiger partial charge in [-0.25, -0.2) is 0 Å². The Hall–Kier alpha value is -2.12. The summed E-state index contributed by atoms with van der Waals surface area (Å²) in [5, 5.41) is 9.28. The summed E-state index contributed by atoms with van der Waals surface area (Å²) in [6, 6.07) is 7.58. The lowest BCUT2D eigenvalue weighted by Gasteiger charge is -2.26. The summed E-state index contributed by atoms with van der Waals surface area (Å²) >= 11 is 0. The van der Waals surface area contributed by atoms with E-state index >= 15 is 0 Å². The summed E-state index contributed by atoms with van der Waals surface area (Å²) in [4.78, 5) is 30.0. The molecule has 2 saturated heterocycles. The highest BCUT2D eigenvalue weighted by atomic mass is 16.5. The first-order valence-electron chi connectivity index (χ1n) is 9.67. The van der Waals surface area contributed by atoms with Crippen molar-refractivity contribution >= 4 is 11.9 Å². The van der Waals surface area contributed by atoms with E-state index in [4.69, 9.17) is 4.74 Å². The van der Waals surface area contributed by atoms with Crippen LogP contribution in [-0.4, -0.2) is 84.1 Å². The van der Waals surface area contributed by atoms with Gasteiger partial charge >= 0.3 is 5.97 Å². The summed E-state index contributed by atoms with van der Waals surface area (Å²) in [5.74, 6) is 0.0873. The number of likely N-dealkylation sites (tertiary alicyclic amines) is 1. The average molecular weight is 375 g/mol. The maximum Gasteiger partial charge on any atom is 0.320 e. The number of nitrogens with zero attached hydrogens (tertiary/aromatic N) is 3. The number of aliphatic carboxylic acids is 1. The number of benzene rings is 1. The maximum atomic E-state index is 12.7. The molecule has 2 aliphatic rings. The zero-order chi connectivity index (χ0) is 19.2. The summed E-state index contributed by atoms with van der Waals surface area (Å²) < 4.78 is 5.20. The molecule has 0 aliphatic carbocycles. The first-order chi connectivity index (χ1) is 13.1. The summed E-state index contributed by atoms with van der Waals surface area (Å²) in [6.07, 6.45) is 2.42. The zero-order valence-corrected chi connectivity index (χ0v) is 16.0. The molecular formula is C20H29N3O4. The van der Waals surface area contributed by atoms with Crippen molar-refractivity contribution in [3.8, 4) is 5.75 Å². The van der Waals surface area contributed by atoms with Crippen LogP contribution in [0.1, 0.15) is 24.8 Å². The molecule has 7 heteroatoms. The predicted molar refractivity (Wildman–Crippen MR) is 102 cm³/mol. The third kappa shape index (κ3) is 5.20. The van der Waals surface area contributed by atoms with Crippen molar-refractivity contribution in [1.29, 1.82) is 0 Å². The number of methoxy groups -OCH3 is 1. The Bertz CT molecular complexity index is 649. The molecule has 0 bridgehead atoms. The number of carbonyl (C=O) groups excluding carboxylic acids is 1. The number of carboxylic acid groups (broad SMARTS) is 1. The van der Waals surface area contributed by atoms with Crippen molar-refractivity contribution in [1.82, 2.24) is 14.7 Å². The van der Waals surface area contributed by atoms with E-state index in [-0.39, 0.29) is 12.5 Å². The smallest absolute Gasteiger partial charge is 0.320 e. The fourth-order valence-electron chi connectivity index (χ4n) is 3.94. The Morgan fingerprint density at radius 1 is 1.07 bits per heavy atom. The molecule has 0 spiro atoms. The Morgan fingerprint density at radius 2 is 1.85 bits per heavy atom. The van der Waals surface area contributed by atoms with Crippen molar-refractivity contribution < 1.29 is 19.4 Å². The minimum absolute atomic E-state index is 0.0504. The van der Waals surface area contributed by atoms with Gasteiger partial charge in [0.15, 0.2) is 0 Å². The van der Waals surface area contributed by atoms with E-state index in [1.165, 1.54) is 5.56 Å². The van der Waals surface area contributed by atoms with E-state index < -0.39 is 12.0 Å². The van der Waals surface area contributed by atoms with Gasteiger partial charge in [0.1, 0.15) is 11.8 Å². The van der Waals surface area contributed by atoms with Crippen LogP contribution in [0, 0.1) is 0 Å². The van der Waals surface area contributed by atoms with Gasteiger partial charge in [0.05, 0.1) is 13.7 Å². The summed E-state index contributed by atoms with van der Waals surface area (Å²) in [7, 11) is 1.66. The number of hydrogen-bond acceptors (Lipinski definition) is 5. The highest BCUT2D eigenvalue weighted by molar-refractivity contribution is 5.80. The normalized spacial score (nSPS) is 21.8. The molecule has 2 aliphatic heterocycles. The van der Waals surface area contributed by atoms with Gasteiger partial charge in [-0.1, -0.05) is 12.1 Å². The number of carboxylic acids is 1. The van der Waals surface area contributed by atoms with Gasteiger partial charge in [-0.05, 0) is 43.5 Å². The average Bonchev–Trinajstić information content (AvgIpc) is 3.00. The first kappa shape index (κ1) is 19.6. The highest BCUT2D eigenvalue weighted by Crippen LogP contribution is 2.18. The lowest BCUT2D eigenvalue weighted by atomic mass is 10.2. The molecule has 1 aromatic carbocycles. The predicted octanol–water partition coefficient (Wildman–Crippen LogP) is 1.28. The van der Waals surface area contributed by atoms with Crippen LogP contribution in [0.3, 0.4) is 0 Å². The van der Waals surface area contributed by atoms with E-state index in [0.29, 0.717) is 19.5 Å². The van der Waals surface area contributed by atoms with Crippen LogP contribution in [0.4, 0.5) is 0 Å². The number of rotatable bonds is 6. The molecular weight excluding hydrogens is 346 g/mol. The van der Waals surface area contributed by atoms with Crippen molar-refractivity contribution in [3.05, 3.63) is 29.8 Å². The fraction of sp³-hybridized carbons (Fsp3) is 0.600. The lowest BCUT2D eigenvalue weighted by Crippen LogP contribution is -2.45. The summed E-state index contributed by atoms with van der Waals surface area (Å²) in [6.45, 7) is 5.00. The molecule has 7 nitrogen and oxygen atoms in total. The van der Waals surface area contributed by atoms with Crippen LogP contribution in [0.2, 0.25) is 0 Å². The molecule has 0 radical (unpaired) electrons. The van der Waals surface area contributed by atoms with Crippen molar-refractivity contribution in [3.63, 3.8) is 0 Å². The second-order valence-electron chi connectivity index (χ2n) is 7.33. The maximum absolute atomic E-state index is 12.7.